The van der Waals surface area contributed by atoms with Crippen molar-refractivity contribution in [2.24, 2.45) is 0 Å². The number of rotatable bonds is 3. The topological polar surface area (TPSA) is 76.6 Å². The second-order valence-corrected chi connectivity index (χ2v) is 7.72. The molecule has 0 saturated heterocycles. The van der Waals surface area contributed by atoms with Crippen LogP contribution >= 0.6 is 11.6 Å². The Morgan fingerprint density at radius 1 is 1.13 bits per heavy atom. The third kappa shape index (κ3) is 2.75. The Balaban J connectivity index is 1.82. The third-order valence-electron chi connectivity index (χ3n) is 5.37. The van der Waals surface area contributed by atoms with E-state index in [1.54, 1.807) is 37.3 Å². The summed E-state index contributed by atoms with van der Waals surface area (Å²) < 4.78 is 11.1. The second kappa shape index (κ2) is 6.85. The summed E-state index contributed by atoms with van der Waals surface area (Å²) in [5.74, 6) is 0.437. The van der Waals surface area contributed by atoms with Crippen LogP contribution in [0.2, 0.25) is 5.02 Å². The SMILES string of the molecule is CCc1ccc2oc3c(c(=O)c2c1)[C@H](c1cccc(Cl)c1)N(c1cc(C)on1)C3=O. The van der Waals surface area contributed by atoms with E-state index in [0.717, 1.165) is 12.0 Å². The van der Waals surface area contributed by atoms with E-state index in [1.165, 1.54) is 4.90 Å². The van der Waals surface area contributed by atoms with Crippen LogP contribution in [0.5, 0.6) is 0 Å². The molecular formula is C23H17ClN2O4. The van der Waals surface area contributed by atoms with Gasteiger partial charge in [0.05, 0.1) is 17.0 Å². The van der Waals surface area contributed by atoms with Crippen molar-refractivity contribution in [3.63, 3.8) is 0 Å². The van der Waals surface area contributed by atoms with E-state index < -0.39 is 11.9 Å². The maximum absolute atomic E-state index is 13.6. The van der Waals surface area contributed by atoms with Crippen molar-refractivity contribution < 1.29 is 13.7 Å². The van der Waals surface area contributed by atoms with Crippen molar-refractivity contribution >= 4 is 34.3 Å². The summed E-state index contributed by atoms with van der Waals surface area (Å²) in [5.41, 5.74) is 2.13. The smallest absolute Gasteiger partial charge is 0.296 e. The van der Waals surface area contributed by atoms with Gasteiger partial charge in [-0.05, 0) is 48.7 Å². The molecule has 4 aromatic rings. The average Bonchev–Trinajstić information content (AvgIpc) is 3.29. The molecule has 1 aliphatic heterocycles. The summed E-state index contributed by atoms with van der Waals surface area (Å²) in [6, 6.07) is 13.5. The molecule has 0 N–H and O–H groups in total. The van der Waals surface area contributed by atoms with Crippen LogP contribution in [0.15, 0.2) is 62.3 Å². The number of anilines is 1. The maximum Gasteiger partial charge on any atom is 0.296 e. The van der Waals surface area contributed by atoms with Crippen LogP contribution in [-0.2, 0) is 6.42 Å². The normalized spacial score (nSPS) is 15.8. The fourth-order valence-corrected chi connectivity index (χ4v) is 4.13. The molecule has 5 rings (SSSR count). The van der Waals surface area contributed by atoms with Crippen molar-refractivity contribution in [3.8, 4) is 0 Å². The van der Waals surface area contributed by atoms with Crippen LogP contribution in [0.25, 0.3) is 11.0 Å². The molecule has 0 saturated carbocycles. The Bertz CT molecular complexity index is 1370. The summed E-state index contributed by atoms with van der Waals surface area (Å²) in [5, 5.41) is 4.96. The minimum atomic E-state index is -0.721. The highest BCUT2D eigenvalue weighted by Gasteiger charge is 2.44. The van der Waals surface area contributed by atoms with Crippen LogP contribution in [0, 0.1) is 6.92 Å². The minimum Gasteiger partial charge on any atom is -0.450 e. The number of carbonyl (C=O) groups excluding carboxylic acids is 1. The van der Waals surface area contributed by atoms with Gasteiger partial charge in [-0.3, -0.25) is 14.5 Å². The van der Waals surface area contributed by atoms with Gasteiger partial charge >= 0.3 is 0 Å². The highest BCUT2D eigenvalue weighted by atomic mass is 35.5. The maximum atomic E-state index is 13.6. The van der Waals surface area contributed by atoms with Gasteiger partial charge < -0.3 is 8.94 Å². The van der Waals surface area contributed by atoms with Gasteiger partial charge in [0.25, 0.3) is 5.91 Å². The predicted molar refractivity (Wildman–Crippen MR) is 113 cm³/mol. The minimum absolute atomic E-state index is 0.0161. The zero-order valence-electron chi connectivity index (χ0n) is 16.3. The molecule has 6 nitrogen and oxygen atoms in total. The van der Waals surface area contributed by atoms with Crippen LogP contribution in [0.3, 0.4) is 0 Å². The molecule has 7 heteroatoms. The molecule has 30 heavy (non-hydrogen) atoms. The zero-order valence-corrected chi connectivity index (χ0v) is 17.1. The Hall–Kier alpha value is -3.38. The number of carbonyl (C=O) groups is 1. The fraction of sp³-hybridized carbons (Fsp3) is 0.174. The van der Waals surface area contributed by atoms with E-state index in [0.29, 0.717) is 33.1 Å². The summed E-state index contributed by atoms with van der Waals surface area (Å²) in [7, 11) is 0. The fourth-order valence-electron chi connectivity index (χ4n) is 3.94. The summed E-state index contributed by atoms with van der Waals surface area (Å²) in [6.45, 7) is 3.76. The lowest BCUT2D eigenvalue weighted by Crippen LogP contribution is -2.29. The van der Waals surface area contributed by atoms with E-state index in [4.69, 9.17) is 20.5 Å². The summed E-state index contributed by atoms with van der Waals surface area (Å²) in [6.07, 6.45) is 0.785. The first kappa shape index (κ1) is 18.6. The molecule has 3 heterocycles. The lowest BCUT2D eigenvalue weighted by atomic mass is 9.98. The molecule has 0 radical (unpaired) electrons. The van der Waals surface area contributed by atoms with Crippen LogP contribution < -0.4 is 10.3 Å². The number of amides is 1. The van der Waals surface area contributed by atoms with Gasteiger partial charge in [0.2, 0.25) is 5.76 Å². The number of nitrogens with zero attached hydrogens (tertiary/aromatic N) is 2. The van der Waals surface area contributed by atoms with Gasteiger partial charge in [0, 0.05) is 11.1 Å². The van der Waals surface area contributed by atoms with Gasteiger partial charge in [-0.25, -0.2) is 0 Å². The molecule has 0 unspecified atom stereocenters. The molecule has 0 bridgehead atoms. The van der Waals surface area contributed by atoms with Gasteiger partial charge in [0.1, 0.15) is 11.3 Å². The van der Waals surface area contributed by atoms with Gasteiger partial charge in [0.15, 0.2) is 11.2 Å². The van der Waals surface area contributed by atoms with Crippen molar-refractivity contribution in [2.45, 2.75) is 26.3 Å². The number of fused-ring (bicyclic) bond motifs is 2. The molecule has 1 aliphatic rings. The molecule has 2 aromatic carbocycles. The third-order valence-corrected chi connectivity index (χ3v) is 5.60. The molecule has 0 spiro atoms. The van der Waals surface area contributed by atoms with Gasteiger partial charge in [-0.1, -0.05) is 41.9 Å². The molecule has 2 aromatic heterocycles. The quantitative estimate of drug-likeness (QED) is 0.463. The van der Waals surface area contributed by atoms with Crippen LogP contribution in [-0.4, -0.2) is 11.1 Å². The van der Waals surface area contributed by atoms with Gasteiger partial charge in [-0.15, -0.1) is 0 Å². The number of hydrogen-bond acceptors (Lipinski definition) is 5. The zero-order chi connectivity index (χ0) is 21.0. The summed E-state index contributed by atoms with van der Waals surface area (Å²) in [4.78, 5) is 28.4. The molecule has 0 fully saturated rings. The first-order chi connectivity index (χ1) is 14.5. The second-order valence-electron chi connectivity index (χ2n) is 7.29. The number of aryl methyl sites for hydroxylation is 2. The molecule has 1 atom stereocenters. The Morgan fingerprint density at radius 2 is 1.97 bits per heavy atom. The lowest BCUT2D eigenvalue weighted by Gasteiger charge is -2.22. The van der Waals surface area contributed by atoms with E-state index in [2.05, 4.69) is 5.16 Å². The first-order valence-corrected chi connectivity index (χ1v) is 9.97. The Morgan fingerprint density at radius 3 is 2.67 bits per heavy atom. The Kier molecular flexibility index (Phi) is 4.25. The monoisotopic (exact) mass is 420 g/mol. The highest BCUT2D eigenvalue weighted by Crippen LogP contribution is 2.41. The van der Waals surface area contributed by atoms with E-state index >= 15 is 0 Å². The Labute approximate surface area is 176 Å². The van der Waals surface area contributed by atoms with Crippen molar-refractivity contribution in [2.75, 3.05) is 4.90 Å². The first-order valence-electron chi connectivity index (χ1n) is 9.60. The van der Waals surface area contributed by atoms with Crippen molar-refractivity contribution in [1.82, 2.24) is 5.16 Å². The molecule has 150 valence electrons. The summed E-state index contributed by atoms with van der Waals surface area (Å²) >= 11 is 6.22. The van der Waals surface area contributed by atoms with Crippen LogP contribution in [0.4, 0.5) is 5.82 Å². The predicted octanol–water partition coefficient (Wildman–Crippen LogP) is 5.06. The molecular weight excluding hydrogens is 404 g/mol. The standard InChI is InChI=1S/C23H17ClN2O4/c1-3-13-7-8-17-16(10-13)21(27)19-20(14-5-4-6-15(24)11-14)26(23(28)22(19)29-17)18-9-12(2)30-25-18/h4-11,20H,3H2,1-2H3/t20-/m0/s1. The highest BCUT2D eigenvalue weighted by molar-refractivity contribution is 6.30. The van der Waals surface area contributed by atoms with Crippen molar-refractivity contribution in [1.29, 1.82) is 0 Å². The van der Waals surface area contributed by atoms with Gasteiger partial charge in [-0.2, -0.15) is 0 Å². The number of benzene rings is 2. The molecule has 1 amide bonds. The van der Waals surface area contributed by atoms with E-state index in [1.807, 2.05) is 25.1 Å². The lowest BCUT2D eigenvalue weighted by molar-refractivity contribution is 0.0969. The number of halogens is 1. The molecule has 0 aliphatic carbocycles. The number of aromatic nitrogens is 1. The van der Waals surface area contributed by atoms with E-state index in [-0.39, 0.29) is 16.8 Å². The van der Waals surface area contributed by atoms with Crippen LogP contribution in [0.1, 0.15) is 46.0 Å². The largest absolute Gasteiger partial charge is 0.450 e. The van der Waals surface area contributed by atoms with Crippen molar-refractivity contribution in [3.05, 3.63) is 92.0 Å². The number of hydrogen-bond donors (Lipinski definition) is 0. The van der Waals surface area contributed by atoms with E-state index in [9.17, 15) is 9.59 Å². The average molecular weight is 421 g/mol.